The molecule has 0 fully saturated rings. The maximum absolute atomic E-state index is 12.1. The Bertz CT molecular complexity index is 1000. The molecule has 0 saturated carbocycles. The number of rotatable bonds is 7. The second kappa shape index (κ2) is 12.0. The van der Waals surface area contributed by atoms with Gasteiger partial charge >= 0.3 is 0 Å². The van der Waals surface area contributed by atoms with Gasteiger partial charge in [-0.3, -0.25) is 9.79 Å². The van der Waals surface area contributed by atoms with E-state index in [4.69, 9.17) is 0 Å². The summed E-state index contributed by atoms with van der Waals surface area (Å²) >= 11 is 0. The number of guanidine groups is 1. The molecule has 2 N–H and O–H groups in total. The molecule has 1 aromatic carbocycles. The van der Waals surface area contributed by atoms with Gasteiger partial charge in [-0.05, 0) is 47.9 Å². The number of aromatic nitrogens is 3. The molecule has 0 bridgehead atoms. The summed E-state index contributed by atoms with van der Waals surface area (Å²) in [5.74, 6) is 1.50. The molecule has 3 aromatic rings. The maximum Gasteiger partial charge on any atom is 0.253 e. The fraction of sp³-hybridized carbons (Fsp3) is 0.273. The molecule has 164 valence electrons. The zero-order valence-electron chi connectivity index (χ0n) is 17.9. The number of nitrogens with zero attached hydrogens (tertiary/aromatic N) is 5. The Labute approximate surface area is 199 Å². The molecule has 0 saturated heterocycles. The van der Waals surface area contributed by atoms with Crippen molar-refractivity contribution in [2.75, 3.05) is 27.7 Å². The van der Waals surface area contributed by atoms with E-state index >= 15 is 0 Å². The molecule has 9 heteroatoms. The number of hydrogen-bond donors (Lipinski definition) is 2. The highest BCUT2D eigenvalue weighted by atomic mass is 127. The zero-order chi connectivity index (χ0) is 21.3. The van der Waals surface area contributed by atoms with Gasteiger partial charge in [0.2, 0.25) is 0 Å². The molecule has 2 heterocycles. The average molecular weight is 533 g/mol. The van der Waals surface area contributed by atoms with Crippen LogP contribution in [0.4, 0.5) is 0 Å². The first-order valence-corrected chi connectivity index (χ1v) is 9.77. The molecule has 0 aliphatic heterocycles. The predicted molar refractivity (Wildman–Crippen MR) is 133 cm³/mol. The predicted octanol–water partition coefficient (Wildman–Crippen LogP) is 2.49. The topological polar surface area (TPSA) is 87.4 Å². The van der Waals surface area contributed by atoms with E-state index in [1.165, 1.54) is 0 Å². The van der Waals surface area contributed by atoms with Crippen LogP contribution in [-0.2, 0) is 13.0 Å². The lowest BCUT2D eigenvalue weighted by Gasteiger charge is -2.13. The van der Waals surface area contributed by atoms with Crippen LogP contribution in [0.15, 0.2) is 66.0 Å². The lowest BCUT2D eigenvalue weighted by atomic mass is 10.1. The van der Waals surface area contributed by atoms with Crippen LogP contribution < -0.4 is 10.6 Å². The number of carbonyl (C=O) groups excluding carboxylic acids is 1. The lowest BCUT2D eigenvalue weighted by Crippen LogP contribution is -2.37. The van der Waals surface area contributed by atoms with E-state index in [9.17, 15) is 4.79 Å². The molecule has 0 radical (unpaired) electrons. The number of benzene rings is 1. The molecular formula is C22H28IN7O. The van der Waals surface area contributed by atoms with Crippen LogP contribution in [-0.4, -0.2) is 59.2 Å². The van der Waals surface area contributed by atoms with E-state index in [2.05, 4.69) is 25.7 Å². The van der Waals surface area contributed by atoms with Crippen LogP contribution in [0.5, 0.6) is 0 Å². The molecule has 0 unspecified atom stereocenters. The van der Waals surface area contributed by atoms with Crippen molar-refractivity contribution in [1.82, 2.24) is 30.3 Å². The van der Waals surface area contributed by atoms with Gasteiger partial charge < -0.3 is 15.5 Å². The Morgan fingerprint density at radius 2 is 1.94 bits per heavy atom. The number of amides is 1. The summed E-state index contributed by atoms with van der Waals surface area (Å²) in [5.41, 5.74) is 2.88. The van der Waals surface area contributed by atoms with E-state index < -0.39 is 0 Å². The Morgan fingerprint density at radius 3 is 2.65 bits per heavy atom. The third kappa shape index (κ3) is 7.06. The number of pyridine rings is 1. The van der Waals surface area contributed by atoms with Gasteiger partial charge in [-0.2, -0.15) is 5.10 Å². The van der Waals surface area contributed by atoms with Gasteiger partial charge in [-0.15, -0.1) is 24.0 Å². The van der Waals surface area contributed by atoms with Crippen molar-refractivity contribution in [2.45, 2.75) is 13.0 Å². The van der Waals surface area contributed by atoms with E-state index in [-0.39, 0.29) is 29.9 Å². The third-order valence-electron chi connectivity index (χ3n) is 4.52. The van der Waals surface area contributed by atoms with Crippen LogP contribution in [0, 0.1) is 0 Å². The van der Waals surface area contributed by atoms with Crippen molar-refractivity contribution < 1.29 is 4.79 Å². The second-order valence-electron chi connectivity index (χ2n) is 6.98. The molecular weight excluding hydrogens is 505 g/mol. The average Bonchev–Trinajstić information content (AvgIpc) is 3.31. The molecule has 0 spiro atoms. The normalized spacial score (nSPS) is 10.9. The van der Waals surface area contributed by atoms with Crippen molar-refractivity contribution in [3.05, 3.63) is 77.7 Å². The molecule has 1 amide bonds. The van der Waals surface area contributed by atoms with Gasteiger partial charge in [-0.1, -0.05) is 12.1 Å². The SMILES string of the molecule is CN=C(NCCc1cccc(C(=O)N(C)C)c1)NCc1ccnc(-n2cccn2)c1.I. The smallest absolute Gasteiger partial charge is 0.253 e. The molecule has 31 heavy (non-hydrogen) atoms. The Kier molecular flexibility index (Phi) is 9.44. The van der Waals surface area contributed by atoms with Gasteiger partial charge in [0.25, 0.3) is 5.91 Å². The second-order valence-corrected chi connectivity index (χ2v) is 6.98. The summed E-state index contributed by atoms with van der Waals surface area (Å²) < 4.78 is 1.73. The fourth-order valence-electron chi connectivity index (χ4n) is 2.95. The van der Waals surface area contributed by atoms with Gasteiger partial charge in [0.1, 0.15) is 0 Å². The summed E-state index contributed by atoms with van der Waals surface area (Å²) in [7, 11) is 5.26. The molecule has 0 aliphatic carbocycles. The highest BCUT2D eigenvalue weighted by molar-refractivity contribution is 14.0. The first kappa shape index (κ1) is 24.3. The van der Waals surface area contributed by atoms with Crippen molar-refractivity contribution in [3.8, 4) is 5.82 Å². The molecule has 3 rings (SSSR count). The summed E-state index contributed by atoms with van der Waals surface area (Å²) in [6.07, 6.45) is 6.14. The van der Waals surface area contributed by atoms with Gasteiger partial charge in [-0.25, -0.2) is 9.67 Å². The van der Waals surface area contributed by atoms with Crippen LogP contribution in [0.1, 0.15) is 21.5 Å². The standard InChI is InChI=1S/C22H27N7O.HI/c1-23-22(25-12-8-17-6-4-7-19(14-17)21(30)28(2)3)26-16-18-9-11-24-20(15-18)29-13-5-10-27-29;/h4-7,9-11,13-15H,8,12,16H2,1-3H3,(H2,23,25,26);1H. The number of aliphatic imine (C=N–C) groups is 1. The van der Waals surface area contributed by atoms with Crippen molar-refractivity contribution in [1.29, 1.82) is 0 Å². The maximum atomic E-state index is 12.1. The summed E-state index contributed by atoms with van der Waals surface area (Å²) in [6, 6.07) is 13.5. The minimum absolute atomic E-state index is 0. The van der Waals surface area contributed by atoms with Gasteiger partial charge in [0.05, 0.1) is 0 Å². The van der Waals surface area contributed by atoms with Crippen molar-refractivity contribution in [2.24, 2.45) is 4.99 Å². The molecule has 8 nitrogen and oxygen atoms in total. The Morgan fingerprint density at radius 1 is 1.10 bits per heavy atom. The van der Waals surface area contributed by atoms with Crippen molar-refractivity contribution in [3.63, 3.8) is 0 Å². The zero-order valence-corrected chi connectivity index (χ0v) is 20.3. The Balaban J connectivity index is 0.00000341. The van der Waals surface area contributed by atoms with E-state index in [0.717, 1.165) is 23.4 Å². The van der Waals surface area contributed by atoms with Gasteiger partial charge in [0.15, 0.2) is 11.8 Å². The number of hydrogen-bond acceptors (Lipinski definition) is 4. The lowest BCUT2D eigenvalue weighted by molar-refractivity contribution is 0.0827. The molecule has 0 aliphatic rings. The largest absolute Gasteiger partial charge is 0.356 e. The van der Waals surface area contributed by atoms with Crippen LogP contribution >= 0.6 is 24.0 Å². The monoisotopic (exact) mass is 533 g/mol. The third-order valence-corrected chi connectivity index (χ3v) is 4.52. The minimum atomic E-state index is 0. The highest BCUT2D eigenvalue weighted by Gasteiger charge is 2.08. The van der Waals surface area contributed by atoms with E-state index in [0.29, 0.717) is 24.6 Å². The van der Waals surface area contributed by atoms with Crippen molar-refractivity contribution >= 4 is 35.8 Å². The first-order chi connectivity index (χ1) is 14.6. The van der Waals surface area contributed by atoms with Gasteiger partial charge in [0, 0.05) is 58.4 Å². The van der Waals surface area contributed by atoms with E-state index in [1.54, 1.807) is 43.1 Å². The summed E-state index contributed by atoms with van der Waals surface area (Å²) in [5, 5.41) is 10.8. The van der Waals surface area contributed by atoms with Crippen LogP contribution in [0.2, 0.25) is 0 Å². The Hall–Kier alpha value is -2.95. The molecule has 0 atom stereocenters. The minimum Gasteiger partial charge on any atom is -0.356 e. The quantitative estimate of drug-likeness (QED) is 0.277. The van der Waals surface area contributed by atoms with Crippen LogP contribution in [0.25, 0.3) is 5.82 Å². The molecule has 2 aromatic heterocycles. The summed E-state index contributed by atoms with van der Waals surface area (Å²) in [4.78, 5) is 22.3. The first-order valence-electron chi connectivity index (χ1n) is 9.77. The number of nitrogens with one attached hydrogen (secondary N) is 2. The number of halogens is 1. The fourth-order valence-corrected chi connectivity index (χ4v) is 2.95. The summed E-state index contributed by atoms with van der Waals surface area (Å²) in [6.45, 7) is 1.32. The highest BCUT2D eigenvalue weighted by Crippen LogP contribution is 2.08. The van der Waals surface area contributed by atoms with Crippen LogP contribution in [0.3, 0.4) is 0 Å². The van der Waals surface area contributed by atoms with E-state index in [1.807, 2.05) is 48.7 Å². The number of carbonyl (C=O) groups is 1.